The number of hydrogen-bond acceptors (Lipinski definition) is 7. The van der Waals surface area contributed by atoms with Gasteiger partial charge < -0.3 is 5.43 Å². The third-order valence-electron chi connectivity index (χ3n) is 1.51. The van der Waals surface area contributed by atoms with Gasteiger partial charge in [0.2, 0.25) is 0 Å². The highest BCUT2D eigenvalue weighted by molar-refractivity contribution is 7.99. The Morgan fingerprint density at radius 3 is 2.67 bits per heavy atom. The Hall–Kier alpha value is -1.73. The molecule has 15 heavy (non-hydrogen) atoms. The monoisotopic (exact) mass is 220 g/mol. The number of nitrogens with zero attached hydrogens (tertiary/aromatic N) is 4. The maximum Gasteiger partial charge on any atom is 0.159 e. The van der Waals surface area contributed by atoms with Crippen LogP contribution in [0.5, 0.6) is 0 Å². The molecule has 0 fully saturated rings. The van der Waals surface area contributed by atoms with Gasteiger partial charge in [-0.2, -0.15) is 0 Å². The van der Waals surface area contributed by atoms with Gasteiger partial charge in [0.05, 0.1) is 18.6 Å². The van der Waals surface area contributed by atoms with Gasteiger partial charge in [-0.15, -0.1) is 0 Å². The highest BCUT2D eigenvalue weighted by Gasteiger charge is 2.01. The van der Waals surface area contributed by atoms with E-state index < -0.39 is 0 Å². The average Bonchev–Trinajstić information content (AvgIpc) is 2.31. The Morgan fingerprint density at radius 1 is 1.07 bits per heavy atom. The van der Waals surface area contributed by atoms with Crippen molar-refractivity contribution in [2.45, 2.75) is 10.1 Å². The zero-order valence-corrected chi connectivity index (χ0v) is 8.48. The molecule has 0 saturated carbocycles. The first-order valence-electron chi connectivity index (χ1n) is 4.11. The second kappa shape index (κ2) is 4.67. The summed E-state index contributed by atoms with van der Waals surface area (Å²) in [5.74, 6) is 5.74. The average molecular weight is 220 g/mol. The van der Waals surface area contributed by atoms with E-state index in [0.29, 0.717) is 10.8 Å². The van der Waals surface area contributed by atoms with E-state index in [0.717, 1.165) is 5.03 Å². The highest BCUT2D eigenvalue weighted by Crippen LogP contribution is 2.22. The Morgan fingerprint density at radius 2 is 1.93 bits per heavy atom. The van der Waals surface area contributed by atoms with Crippen molar-refractivity contribution in [1.29, 1.82) is 0 Å². The Kier molecular flexibility index (Phi) is 3.05. The molecule has 0 spiro atoms. The number of hydrazine groups is 1. The Balaban J connectivity index is 2.17. The summed E-state index contributed by atoms with van der Waals surface area (Å²) in [6.07, 6.45) is 8.09. The minimum atomic E-state index is 0.517. The van der Waals surface area contributed by atoms with Crippen molar-refractivity contribution in [2.24, 2.45) is 5.84 Å². The number of hydrogen-bond donors (Lipinski definition) is 2. The van der Waals surface area contributed by atoms with Crippen molar-refractivity contribution in [1.82, 2.24) is 19.9 Å². The van der Waals surface area contributed by atoms with Crippen LogP contribution in [0.25, 0.3) is 0 Å². The standard InChI is InChI=1S/C8H8N6S/c9-14-6-3-11-5-8(13-6)15-7-4-10-1-2-12-7/h1-5H,9H2,(H,13,14). The van der Waals surface area contributed by atoms with Gasteiger partial charge in [-0.1, -0.05) is 0 Å². The summed E-state index contributed by atoms with van der Waals surface area (Å²) < 4.78 is 0. The lowest BCUT2D eigenvalue weighted by molar-refractivity contribution is 1.02. The minimum Gasteiger partial charge on any atom is -0.307 e. The van der Waals surface area contributed by atoms with Gasteiger partial charge in [0.1, 0.15) is 10.1 Å². The van der Waals surface area contributed by atoms with E-state index in [-0.39, 0.29) is 0 Å². The zero-order chi connectivity index (χ0) is 10.5. The molecule has 2 aromatic rings. The number of nitrogens with two attached hydrogens (primary N) is 1. The molecular weight excluding hydrogens is 212 g/mol. The van der Waals surface area contributed by atoms with E-state index in [4.69, 9.17) is 5.84 Å². The summed E-state index contributed by atoms with van der Waals surface area (Å²) >= 11 is 1.37. The maximum absolute atomic E-state index is 5.22. The number of rotatable bonds is 3. The number of nitrogen functional groups attached to an aromatic ring is 1. The van der Waals surface area contributed by atoms with Crippen LogP contribution in [0.2, 0.25) is 0 Å². The summed E-state index contributed by atoms with van der Waals surface area (Å²) in [4.78, 5) is 16.2. The molecule has 0 bridgehead atoms. The lowest BCUT2D eigenvalue weighted by Gasteiger charge is -2.01. The van der Waals surface area contributed by atoms with Crippen LogP contribution < -0.4 is 11.3 Å². The molecule has 3 N–H and O–H groups in total. The molecule has 0 radical (unpaired) electrons. The molecular formula is C8H8N6S. The van der Waals surface area contributed by atoms with Gasteiger partial charge in [0.25, 0.3) is 0 Å². The molecule has 0 aliphatic carbocycles. The molecule has 76 valence electrons. The first kappa shape index (κ1) is 9.81. The fraction of sp³-hybridized carbons (Fsp3) is 0. The number of anilines is 1. The predicted octanol–water partition coefficient (Wildman–Crippen LogP) is 0.703. The highest BCUT2D eigenvalue weighted by atomic mass is 32.2. The van der Waals surface area contributed by atoms with E-state index in [9.17, 15) is 0 Å². The molecule has 0 aromatic carbocycles. The minimum absolute atomic E-state index is 0.517. The van der Waals surface area contributed by atoms with Crippen molar-refractivity contribution in [3.8, 4) is 0 Å². The summed E-state index contributed by atoms with van der Waals surface area (Å²) in [7, 11) is 0. The molecule has 6 nitrogen and oxygen atoms in total. The fourth-order valence-corrected chi connectivity index (χ4v) is 1.61. The first-order chi connectivity index (χ1) is 7.38. The molecule has 7 heteroatoms. The van der Waals surface area contributed by atoms with Crippen LogP contribution in [-0.4, -0.2) is 19.9 Å². The quantitative estimate of drug-likeness (QED) is 0.581. The molecule has 2 rings (SSSR count). The van der Waals surface area contributed by atoms with Gasteiger partial charge in [0, 0.05) is 12.4 Å². The van der Waals surface area contributed by atoms with Gasteiger partial charge >= 0.3 is 0 Å². The molecule has 0 amide bonds. The number of nitrogens with one attached hydrogen (secondary N) is 1. The maximum atomic E-state index is 5.22. The first-order valence-corrected chi connectivity index (χ1v) is 4.92. The molecule has 0 aliphatic rings. The van der Waals surface area contributed by atoms with Crippen molar-refractivity contribution in [3.05, 3.63) is 31.0 Å². The topological polar surface area (TPSA) is 89.6 Å². The third-order valence-corrected chi connectivity index (χ3v) is 2.33. The van der Waals surface area contributed by atoms with Gasteiger partial charge in [-0.05, 0) is 11.8 Å². The molecule has 0 aliphatic heterocycles. The van der Waals surface area contributed by atoms with Crippen molar-refractivity contribution < 1.29 is 0 Å². The van der Waals surface area contributed by atoms with Crippen LogP contribution in [0.1, 0.15) is 0 Å². The molecule has 0 atom stereocenters. The van der Waals surface area contributed by atoms with E-state index in [1.807, 2.05) is 0 Å². The van der Waals surface area contributed by atoms with Crippen molar-refractivity contribution in [2.75, 3.05) is 5.43 Å². The SMILES string of the molecule is NNc1cncc(Sc2cnccn2)n1. The van der Waals surface area contributed by atoms with E-state index in [1.165, 1.54) is 11.8 Å². The summed E-state index contributed by atoms with van der Waals surface area (Å²) in [5.41, 5.74) is 2.43. The van der Waals surface area contributed by atoms with Crippen molar-refractivity contribution >= 4 is 17.6 Å². The third kappa shape index (κ3) is 2.61. The van der Waals surface area contributed by atoms with Gasteiger partial charge in [-0.25, -0.2) is 15.8 Å². The lowest BCUT2D eigenvalue weighted by atomic mass is 10.7. The van der Waals surface area contributed by atoms with E-state index >= 15 is 0 Å². The molecule has 0 unspecified atom stereocenters. The van der Waals surface area contributed by atoms with Crippen LogP contribution in [-0.2, 0) is 0 Å². The second-order valence-corrected chi connectivity index (χ2v) is 3.57. The number of aromatic nitrogens is 4. The summed E-state index contributed by atoms with van der Waals surface area (Å²) in [5, 5.41) is 1.48. The predicted molar refractivity (Wildman–Crippen MR) is 56.0 cm³/mol. The van der Waals surface area contributed by atoms with Crippen molar-refractivity contribution in [3.63, 3.8) is 0 Å². The van der Waals surface area contributed by atoms with Gasteiger partial charge in [-0.3, -0.25) is 9.97 Å². The zero-order valence-electron chi connectivity index (χ0n) is 7.66. The Bertz CT molecular complexity index is 434. The van der Waals surface area contributed by atoms with Crippen LogP contribution in [0.3, 0.4) is 0 Å². The largest absolute Gasteiger partial charge is 0.307 e. The van der Waals surface area contributed by atoms with E-state index in [1.54, 1.807) is 31.0 Å². The lowest BCUT2D eigenvalue weighted by Crippen LogP contribution is -2.08. The molecule has 2 heterocycles. The summed E-state index contributed by atoms with van der Waals surface area (Å²) in [6, 6.07) is 0. The van der Waals surface area contributed by atoms with E-state index in [2.05, 4.69) is 25.4 Å². The van der Waals surface area contributed by atoms with Crippen LogP contribution in [0.4, 0.5) is 5.82 Å². The normalized spacial score (nSPS) is 9.93. The fourth-order valence-electron chi connectivity index (χ4n) is 0.912. The summed E-state index contributed by atoms with van der Waals surface area (Å²) in [6.45, 7) is 0. The molecule has 2 aromatic heterocycles. The smallest absolute Gasteiger partial charge is 0.159 e. The van der Waals surface area contributed by atoms with Crippen LogP contribution in [0, 0.1) is 0 Å². The second-order valence-electron chi connectivity index (χ2n) is 2.53. The van der Waals surface area contributed by atoms with Gasteiger partial charge in [0.15, 0.2) is 5.82 Å². The Labute approximate surface area is 90.4 Å². The van der Waals surface area contributed by atoms with Crippen LogP contribution >= 0.6 is 11.8 Å². The molecule has 0 saturated heterocycles. The van der Waals surface area contributed by atoms with Crippen LogP contribution in [0.15, 0.2) is 41.0 Å².